The van der Waals surface area contributed by atoms with Crippen LogP contribution < -0.4 is 10.1 Å². The average molecular weight is 374 g/mol. The highest BCUT2D eigenvalue weighted by Gasteiger charge is 2.11. The van der Waals surface area contributed by atoms with Crippen molar-refractivity contribution in [2.24, 2.45) is 7.05 Å². The number of aromatic nitrogens is 4. The van der Waals surface area contributed by atoms with Crippen LogP contribution in [-0.4, -0.2) is 25.5 Å². The van der Waals surface area contributed by atoms with Crippen LogP contribution in [0.1, 0.15) is 27.3 Å². The molecule has 0 atom stereocenters. The van der Waals surface area contributed by atoms with Gasteiger partial charge in [-0.05, 0) is 37.6 Å². The molecule has 1 amide bonds. The minimum Gasteiger partial charge on any atom is -0.470 e. The minimum absolute atomic E-state index is 0.165. The molecule has 26 heavy (non-hydrogen) atoms. The summed E-state index contributed by atoms with van der Waals surface area (Å²) in [7, 11) is 1.86. The van der Waals surface area contributed by atoms with Crippen molar-refractivity contribution in [3.05, 3.63) is 64.2 Å². The standard InChI is InChI=1S/C18H20ClN5O2/c1-12-4-5-15(19)17(8-12)26-11-24-7-6-16(22-24)18(25)20-9-14-10-21-23(3)13(14)2/h4-8,10H,9,11H2,1-3H3,(H,20,25). The van der Waals surface area contributed by atoms with Crippen molar-refractivity contribution in [3.63, 3.8) is 0 Å². The Hall–Kier alpha value is -2.80. The van der Waals surface area contributed by atoms with E-state index < -0.39 is 0 Å². The molecular formula is C18H20ClN5O2. The lowest BCUT2D eigenvalue weighted by Crippen LogP contribution is -2.24. The van der Waals surface area contributed by atoms with E-state index in [1.807, 2.05) is 33.0 Å². The molecule has 3 aromatic rings. The summed E-state index contributed by atoms with van der Waals surface area (Å²) in [5.74, 6) is 0.334. The molecule has 0 radical (unpaired) electrons. The highest BCUT2D eigenvalue weighted by atomic mass is 35.5. The van der Waals surface area contributed by atoms with Crippen LogP contribution in [0.2, 0.25) is 5.02 Å². The summed E-state index contributed by atoms with van der Waals surface area (Å²) in [6.07, 6.45) is 3.43. The summed E-state index contributed by atoms with van der Waals surface area (Å²) < 4.78 is 8.98. The van der Waals surface area contributed by atoms with Crippen molar-refractivity contribution in [1.82, 2.24) is 24.9 Å². The molecule has 136 valence electrons. The lowest BCUT2D eigenvalue weighted by molar-refractivity contribution is 0.0944. The number of nitrogens with zero attached hydrogens (tertiary/aromatic N) is 4. The first-order valence-electron chi connectivity index (χ1n) is 8.12. The molecule has 8 heteroatoms. The highest BCUT2D eigenvalue weighted by Crippen LogP contribution is 2.25. The fourth-order valence-electron chi connectivity index (χ4n) is 2.40. The fourth-order valence-corrected chi connectivity index (χ4v) is 2.57. The summed E-state index contributed by atoms with van der Waals surface area (Å²) >= 11 is 6.11. The van der Waals surface area contributed by atoms with E-state index in [1.165, 1.54) is 0 Å². The van der Waals surface area contributed by atoms with Gasteiger partial charge in [-0.1, -0.05) is 17.7 Å². The first-order valence-corrected chi connectivity index (χ1v) is 8.50. The Balaban J connectivity index is 1.57. The van der Waals surface area contributed by atoms with Gasteiger partial charge in [0.05, 0.1) is 11.2 Å². The molecule has 0 fully saturated rings. The normalized spacial score (nSPS) is 10.8. The van der Waals surface area contributed by atoms with Crippen LogP contribution in [0.5, 0.6) is 5.75 Å². The van der Waals surface area contributed by atoms with Crippen molar-refractivity contribution < 1.29 is 9.53 Å². The van der Waals surface area contributed by atoms with Crippen molar-refractivity contribution in [1.29, 1.82) is 0 Å². The largest absolute Gasteiger partial charge is 0.470 e. The number of ether oxygens (including phenoxy) is 1. The van der Waals surface area contributed by atoms with Gasteiger partial charge in [-0.3, -0.25) is 9.48 Å². The van der Waals surface area contributed by atoms with Crippen LogP contribution in [0, 0.1) is 13.8 Å². The maximum absolute atomic E-state index is 12.2. The Labute approximate surface area is 156 Å². The summed E-state index contributed by atoms with van der Waals surface area (Å²) in [6, 6.07) is 7.20. The van der Waals surface area contributed by atoms with Crippen molar-refractivity contribution >= 4 is 17.5 Å². The van der Waals surface area contributed by atoms with Gasteiger partial charge < -0.3 is 10.1 Å². The van der Waals surface area contributed by atoms with Crippen molar-refractivity contribution in [2.45, 2.75) is 27.1 Å². The van der Waals surface area contributed by atoms with Gasteiger partial charge in [0.15, 0.2) is 6.73 Å². The molecule has 2 aromatic heterocycles. The van der Waals surface area contributed by atoms with E-state index in [9.17, 15) is 4.79 Å². The van der Waals surface area contributed by atoms with Gasteiger partial charge in [-0.2, -0.15) is 10.2 Å². The van der Waals surface area contributed by atoms with E-state index in [4.69, 9.17) is 16.3 Å². The average Bonchev–Trinajstić information content (AvgIpc) is 3.22. The zero-order chi connectivity index (χ0) is 18.7. The van der Waals surface area contributed by atoms with Gasteiger partial charge in [-0.15, -0.1) is 0 Å². The van der Waals surface area contributed by atoms with Crippen LogP contribution in [-0.2, 0) is 20.3 Å². The Bertz CT molecular complexity index is 932. The smallest absolute Gasteiger partial charge is 0.272 e. The molecular weight excluding hydrogens is 354 g/mol. The third kappa shape index (κ3) is 4.05. The zero-order valence-corrected chi connectivity index (χ0v) is 15.6. The SMILES string of the molecule is Cc1ccc(Cl)c(OCn2ccc(C(=O)NCc3cnn(C)c3C)n2)c1. The molecule has 0 bridgehead atoms. The van der Waals surface area contributed by atoms with Gasteiger partial charge in [0.25, 0.3) is 5.91 Å². The zero-order valence-electron chi connectivity index (χ0n) is 14.9. The summed E-state index contributed by atoms with van der Waals surface area (Å²) in [5.41, 5.74) is 3.36. The molecule has 1 aromatic carbocycles. The molecule has 1 N–H and O–H groups in total. The number of halogens is 1. The van der Waals surface area contributed by atoms with E-state index >= 15 is 0 Å². The van der Waals surface area contributed by atoms with Crippen LogP contribution >= 0.6 is 11.6 Å². The van der Waals surface area contributed by atoms with Gasteiger partial charge in [-0.25, -0.2) is 4.68 Å². The second-order valence-electron chi connectivity index (χ2n) is 6.01. The monoisotopic (exact) mass is 373 g/mol. The topological polar surface area (TPSA) is 74.0 Å². The number of hydrogen-bond acceptors (Lipinski definition) is 4. The molecule has 3 rings (SSSR count). The molecule has 0 aliphatic rings. The number of amides is 1. The Morgan fingerprint density at radius 1 is 1.31 bits per heavy atom. The van der Waals surface area contributed by atoms with E-state index in [2.05, 4.69) is 15.5 Å². The van der Waals surface area contributed by atoms with Gasteiger partial charge in [0, 0.05) is 31.0 Å². The first-order chi connectivity index (χ1) is 12.4. The second kappa shape index (κ2) is 7.61. The Kier molecular flexibility index (Phi) is 5.27. The van der Waals surface area contributed by atoms with Crippen LogP contribution in [0.25, 0.3) is 0 Å². The molecule has 0 unspecified atom stereocenters. The first kappa shape index (κ1) is 18.0. The van der Waals surface area contributed by atoms with Crippen molar-refractivity contribution in [2.75, 3.05) is 0 Å². The van der Waals surface area contributed by atoms with Gasteiger partial charge in [0.2, 0.25) is 0 Å². The number of carbonyl (C=O) groups is 1. The van der Waals surface area contributed by atoms with E-state index in [1.54, 1.807) is 33.9 Å². The fraction of sp³-hybridized carbons (Fsp3) is 0.278. The lowest BCUT2D eigenvalue weighted by atomic mass is 10.2. The molecule has 0 saturated carbocycles. The summed E-state index contributed by atoms with van der Waals surface area (Å²) in [6.45, 7) is 4.49. The molecule has 0 saturated heterocycles. The number of benzene rings is 1. The van der Waals surface area contributed by atoms with Crippen molar-refractivity contribution in [3.8, 4) is 5.75 Å². The van der Waals surface area contributed by atoms with Crippen LogP contribution in [0.4, 0.5) is 0 Å². The molecule has 7 nitrogen and oxygen atoms in total. The van der Waals surface area contributed by atoms with E-state index in [-0.39, 0.29) is 12.6 Å². The minimum atomic E-state index is -0.249. The van der Waals surface area contributed by atoms with E-state index in [0.29, 0.717) is 23.0 Å². The Morgan fingerprint density at radius 3 is 2.85 bits per heavy atom. The maximum Gasteiger partial charge on any atom is 0.272 e. The summed E-state index contributed by atoms with van der Waals surface area (Å²) in [4.78, 5) is 12.2. The van der Waals surface area contributed by atoms with Gasteiger partial charge >= 0.3 is 0 Å². The predicted molar refractivity (Wildman–Crippen MR) is 98.2 cm³/mol. The number of hydrogen-bond donors (Lipinski definition) is 1. The molecule has 0 aliphatic carbocycles. The third-order valence-electron chi connectivity index (χ3n) is 4.09. The number of aryl methyl sites for hydroxylation is 2. The van der Waals surface area contributed by atoms with Crippen LogP contribution in [0.3, 0.4) is 0 Å². The van der Waals surface area contributed by atoms with Crippen LogP contribution in [0.15, 0.2) is 36.7 Å². The van der Waals surface area contributed by atoms with E-state index in [0.717, 1.165) is 16.8 Å². The molecule has 2 heterocycles. The predicted octanol–water partition coefficient (Wildman–Crippen LogP) is 2.85. The number of rotatable bonds is 6. The quantitative estimate of drug-likeness (QED) is 0.721. The lowest BCUT2D eigenvalue weighted by Gasteiger charge is -2.08. The number of nitrogens with one attached hydrogen (secondary N) is 1. The third-order valence-corrected chi connectivity index (χ3v) is 4.40. The highest BCUT2D eigenvalue weighted by molar-refractivity contribution is 6.32. The maximum atomic E-state index is 12.2. The number of carbonyl (C=O) groups excluding carboxylic acids is 1. The van der Waals surface area contributed by atoms with Gasteiger partial charge in [0.1, 0.15) is 11.4 Å². The Morgan fingerprint density at radius 2 is 2.12 bits per heavy atom. The molecule has 0 aliphatic heterocycles. The summed E-state index contributed by atoms with van der Waals surface area (Å²) in [5, 5.41) is 11.8. The molecule has 0 spiro atoms. The second-order valence-corrected chi connectivity index (χ2v) is 6.42.